The number of benzene rings is 1. The van der Waals surface area contributed by atoms with Crippen molar-refractivity contribution in [3.63, 3.8) is 0 Å². The fourth-order valence-electron chi connectivity index (χ4n) is 3.11. The highest BCUT2D eigenvalue weighted by Gasteiger charge is 2.38. The molecule has 2 amide bonds. The van der Waals surface area contributed by atoms with Gasteiger partial charge in [-0.25, -0.2) is 4.79 Å². The molecule has 6 nitrogen and oxygen atoms in total. The van der Waals surface area contributed by atoms with Crippen molar-refractivity contribution >= 4 is 12.0 Å². The molecular formula is C17H23N3O3. The van der Waals surface area contributed by atoms with Crippen LogP contribution in [0.1, 0.15) is 24.9 Å². The van der Waals surface area contributed by atoms with Gasteiger partial charge in [-0.15, -0.1) is 0 Å². The van der Waals surface area contributed by atoms with Crippen molar-refractivity contribution in [2.24, 2.45) is 0 Å². The summed E-state index contributed by atoms with van der Waals surface area (Å²) in [5.41, 5.74) is 1.19. The molecule has 0 saturated carbocycles. The van der Waals surface area contributed by atoms with Crippen LogP contribution >= 0.6 is 0 Å². The van der Waals surface area contributed by atoms with Gasteiger partial charge in [0, 0.05) is 26.2 Å². The molecule has 2 aliphatic rings. The Morgan fingerprint density at radius 1 is 1.17 bits per heavy atom. The maximum Gasteiger partial charge on any atom is 0.409 e. The van der Waals surface area contributed by atoms with Crippen molar-refractivity contribution in [1.82, 2.24) is 14.7 Å². The van der Waals surface area contributed by atoms with Crippen LogP contribution in [0.25, 0.3) is 0 Å². The van der Waals surface area contributed by atoms with E-state index in [0.717, 1.165) is 13.1 Å². The first-order valence-electron chi connectivity index (χ1n) is 8.17. The standard InChI is InChI=1S/C17H23N3O3/c1-2-23-17(22)19-10-8-18(9-11-19)13-20-15(12-16(20)21)14-6-4-3-5-7-14/h3-7,15H,2,8-13H2,1H3. The Hall–Kier alpha value is -2.08. The van der Waals surface area contributed by atoms with Gasteiger partial charge in [0.2, 0.25) is 5.91 Å². The topological polar surface area (TPSA) is 53.1 Å². The van der Waals surface area contributed by atoms with Crippen LogP contribution in [0, 0.1) is 0 Å². The first kappa shape index (κ1) is 15.8. The lowest BCUT2D eigenvalue weighted by atomic mass is 9.94. The van der Waals surface area contributed by atoms with Crippen molar-refractivity contribution in [2.45, 2.75) is 19.4 Å². The average molecular weight is 317 g/mol. The molecule has 2 heterocycles. The molecule has 0 aromatic heterocycles. The molecule has 2 saturated heterocycles. The number of β-lactam (4-membered cyclic amide) rings is 1. The molecule has 0 N–H and O–H groups in total. The van der Waals surface area contributed by atoms with E-state index in [4.69, 9.17) is 4.74 Å². The summed E-state index contributed by atoms with van der Waals surface area (Å²) in [5, 5.41) is 0. The second kappa shape index (κ2) is 7.00. The van der Waals surface area contributed by atoms with Crippen molar-refractivity contribution < 1.29 is 14.3 Å². The Labute approximate surface area is 136 Å². The van der Waals surface area contributed by atoms with E-state index in [9.17, 15) is 9.59 Å². The summed E-state index contributed by atoms with van der Waals surface area (Å²) >= 11 is 0. The summed E-state index contributed by atoms with van der Waals surface area (Å²) in [6, 6.07) is 10.3. The van der Waals surface area contributed by atoms with E-state index >= 15 is 0 Å². The quantitative estimate of drug-likeness (QED) is 0.793. The van der Waals surface area contributed by atoms with E-state index in [2.05, 4.69) is 17.0 Å². The van der Waals surface area contributed by atoms with Crippen LogP contribution in [0.2, 0.25) is 0 Å². The molecule has 6 heteroatoms. The lowest BCUT2D eigenvalue weighted by Gasteiger charge is -2.45. The summed E-state index contributed by atoms with van der Waals surface area (Å²) in [6.45, 7) is 5.68. The molecule has 0 bridgehead atoms. The Bertz CT molecular complexity index is 555. The minimum absolute atomic E-state index is 0.187. The molecule has 0 radical (unpaired) electrons. The highest BCUT2D eigenvalue weighted by atomic mass is 16.6. The first-order chi connectivity index (χ1) is 11.2. The molecule has 1 aromatic carbocycles. The molecule has 124 valence electrons. The van der Waals surface area contributed by atoms with Gasteiger partial charge in [-0.1, -0.05) is 30.3 Å². The molecule has 1 aromatic rings. The highest BCUT2D eigenvalue weighted by Crippen LogP contribution is 2.34. The number of hydrogen-bond donors (Lipinski definition) is 0. The number of rotatable bonds is 4. The number of amides is 2. The van der Waals surface area contributed by atoms with Gasteiger partial charge >= 0.3 is 6.09 Å². The second-order valence-corrected chi connectivity index (χ2v) is 5.94. The van der Waals surface area contributed by atoms with E-state index in [1.807, 2.05) is 30.0 Å². The molecule has 1 atom stereocenters. The van der Waals surface area contributed by atoms with Crippen molar-refractivity contribution in [3.8, 4) is 0 Å². The Morgan fingerprint density at radius 2 is 1.87 bits per heavy atom. The lowest BCUT2D eigenvalue weighted by Crippen LogP contribution is -2.56. The monoisotopic (exact) mass is 317 g/mol. The summed E-state index contributed by atoms with van der Waals surface area (Å²) < 4.78 is 5.03. The Morgan fingerprint density at radius 3 is 2.48 bits per heavy atom. The number of likely N-dealkylation sites (tertiary alicyclic amines) is 1. The fraction of sp³-hybridized carbons (Fsp3) is 0.529. The van der Waals surface area contributed by atoms with Crippen LogP contribution in [0.15, 0.2) is 30.3 Å². The fourth-order valence-corrected chi connectivity index (χ4v) is 3.11. The van der Waals surface area contributed by atoms with Gasteiger partial charge < -0.3 is 14.5 Å². The minimum Gasteiger partial charge on any atom is -0.450 e. The maximum absolute atomic E-state index is 12.0. The number of hydrogen-bond acceptors (Lipinski definition) is 4. The van der Waals surface area contributed by atoms with Gasteiger partial charge in [-0.3, -0.25) is 9.69 Å². The molecule has 2 aliphatic heterocycles. The zero-order chi connectivity index (χ0) is 16.2. The summed E-state index contributed by atoms with van der Waals surface area (Å²) in [5.74, 6) is 0.201. The zero-order valence-corrected chi connectivity index (χ0v) is 13.5. The van der Waals surface area contributed by atoms with E-state index in [0.29, 0.717) is 32.8 Å². The predicted molar refractivity (Wildman–Crippen MR) is 85.7 cm³/mol. The number of piperazine rings is 1. The summed E-state index contributed by atoms with van der Waals surface area (Å²) in [7, 11) is 0. The molecule has 1 unspecified atom stereocenters. The third-order valence-electron chi connectivity index (χ3n) is 4.50. The van der Waals surface area contributed by atoms with Crippen LogP contribution in [0.3, 0.4) is 0 Å². The van der Waals surface area contributed by atoms with Crippen molar-refractivity contribution in [1.29, 1.82) is 0 Å². The van der Waals surface area contributed by atoms with E-state index in [-0.39, 0.29) is 18.0 Å². The number of carbonyl (C=O) groups is 2. The van der Waals surface area contributed by atoms with Gasteiger partial charge in [0.25, 0.3) is 0 Å². The third-order valence-corrected chi connectivity index (χ3v) is 4.50. The third kappa shape index (κ3) is 3.47. The number of ether oxygens (including phenoxy) is 1. The lowest BCUT2D eigenvalue weighted by molar-refractivity contribution is -0.150. The molecule has 2 fully saturated rings. The Balaban J connectivity index is 1.52. The number of nitrogens with zero attached hydrogens (tertiary/aromatic N) is 3. The van der Waals surface area contributed by atoms with E-state index in [1.165, 1.54) is 5.56 Å². The SMILES string of the molecule is CCOC(=O)N1CCN(CN2C(=O)CC2c2ccccc2)CC1. The second-order valence-electron chi connectivity index (χ2n) is 5.94. The highest BCUT2D eigenvalue weighted by molar-refractivity contribution is 5.83. The van der Waals surface area contributed by atoms with Crippen LogP contribution in [-0.2, 0) is 9.53 Å². The van der Waals surface area contributed by atoms with Gasteiger partial charge in [0.15, 0.2) is 0 Å². The van der Waals surface area contributed by atoms with Gasteiger partial charge in [-0.05, 0) is 12.5 Å². The van der Waals surface area contributed by atoms with Crippen molar-refractivity contribution in [3.05, 3.63) is 35.9 Å². The van der Waals surface area contributed by atoms with Gasteiger partial charge in [0.05, 0.1) is 25.7 Å². The summed E-state index contributed by atoms with van der Waals surface area (Å²) in [6.07, 6.45) is 0.349. The average Bonchev–Trinajstić information content (AvgIpc) is 2.59. The first-order valence-corrected chi connectivity index (χ1v) is 8.17. The number of carbonyl (C=O) groups excluding carboxylic acids is 2. The van der Waals surface area contributed by atoms with Crippen molar-refractivity contribution in [2.75, 3.05) is 39.5 Å². The van der Waals surface area contributed by atoms with Crippen LogP contribution in [0.4, 0.5) is 4.79 Å². The predicted octanol–water partition coefficient (Wildman–Crippen LogP) is 1.69. The maximum atomic E-state index is 12.0. The van der Waals surface area contributed by atoms with Gasteiger partial charge in [-0.2, -0.15) is 0 Å². The zero-order valence-electron chi connectivity index (χ0n) is 13.5. The minimum atomic E-state index is -0.241. The smallest absolute Gasteiger partial charge is 0.409 e. The molecule has 23 heavy (non-hydrogen) atoms. The largest absolute Gasteiger partial charge is 0.450 e. The molecule has 0 aliphatic carbocycles. The van der Waals surface area contributed by atoms with Crippen LogP contribution in [-0.4, -0.2) is 66.2 Å². The Kier molecular flexibility index (Phi) is 4.81. The van der Waals surface area contributed by atoms with Crippen LogP contribution < -0.4 is 0 Å². The van der Waals surface area contributed by atoms with E-state index in [1.54, 1.807) is 4.90 Å². The molecule has 0 spiro atoms. The molecule has 3 rings (SSSR count). The summed E-state index contributed by atoms with van der Waals surface area (Å²) in [4.78, 5) is 29.5. The van der Waals surface area contributed by atoms with Gasteiger partial charge in [0.1, 0.15) is 0 Å². The normalized spacial score (nSPS) is 22.0. The molecular weight excluding hydrogens is 294 g/mol. The van der Waals surface area contributed by atoms with Crippen LogP contribution in [0.5, 0.6) is 0 Å². The van der Waals surface area contributed by atoms with E-state index < -0.39 is 0 Å².